The van der Waals surface area contributed by atoms with Crippen LogP contribution in [0.15, 0.2) is 12.4 Å². The summed E-state index contributed by atoms with van der Waals surface area (Å²) in [6.45, 7) is 11.7. The van der Waals surface area contributed by atoms with Gasteiger partial charge in [-0.2, -0.15) is 0 Å². The third-order valence-electron chi connectivity index (χ3n) is 3.40. The van der Waals surface area contributed by atoms with Crippen molar-refractivity contribution in [1.82, 2.24) is 9.97 Å². The third kappa shape index (κ3) is 4.77. The van der Waals surface area contributed by atoms with E-state index in [2.05, 4.69) is 35.7 Å². The van der Waals surface area contributed by atoms with Crippen LogP contribution >= 0.6 is 0 Å². The van der Waals surface area contributed by atoms with Crippen LogP contribution in [0.4, 0.5) is 0 Å². The van der Waals surface area contributed by atoms with E-state index in [1.54, 1.807) is 19.3 Å². The largest absolute Gasteiger partial charge is 0.299 e. The van der Waals surface area contributed by atoms with Crippen LogP contribution in [0, 0.1) is 22.7 Å². The van der Waals surface area contributed by atoms with Gasteiger partial charge in [-0.25, -0.2) is 9.97 Å². The second kappa shape index (κ2) is 6.17. The van der Waals surface area contributed by atoms with Gasteiger partial charge in [-0.3, -0.25) is 4.79 Å². The molecule has 0 radical (unpaired) electrons. The Kier molecular flexibility index (Phi) is 5.05. The zero-order valence-electron chi connectivity index (χ0n) is 13.4. The van der Waals surface area contributed by atoms with Crippen molar-refractivity contribution >= 4 is 5.78 Å². The minimum atomic E-state index is -0.346. The van der Waals surface area contributed by atoms with Gasteiger partial charge >= 0.3 is 0 Å². The van der Waals surface area contributed by atoms with Gasteiger partial charge in [-0.15, -0.1) is 0 Å². The molecule has 0 fully saturated rings. The number of hydrogen-bond acceptors (Lipinski definition) is 3. The Morgan fingerprint density at radius 3 is 2.20 bits per heavy atom. The summed E-state index contributed by atoms with van der Waals surface area (Å²) in [6.07, 6.45) is 5.07. The average Bonchev–Trinajstić information content (AvgIpc) is 2.35. The van der Waals surface area contributed by atoms with Gasteiger partial charge in [0, 0.05) is 29.6 Å². The van der Waals surface area contributed by atoms with Gasteiger partial charge in [0.25, 0.3) is 0 Å². The Morgan fingerprint density at radius 1 is 1.20 bits per heavy atom. The molecule has 3 heteroatoms. The van der Waals surface area contributed by atoms with Crippen molar-refractivity contribution in [3.05, 3.63) is 23.8 Å². The van der Waals surface area contributed by atoms with Crippen molar-refractivity contribution in [3.63, 3.8) is 0 Å². The summed E-state index contributed by atoms with van der Waals surface area (Å²) in [7, 11) is 0. The second-order valence-electron chi connectivity index (χ2n) is 6.49. The monoisotopic (exact) mass is 272 g/mol. The van der Waals surface area contributed by atoms with E-state index in [-0.39, 0.29) is 16.6 Å². The Balaban J connectivity index is 2.85. The number of aryl methyl sites for hydroxylation is 1. The summed E-state index contributed by atoms with van der Waals surface area (Å²) >= 11 is 0. The van der Waals surface area contributed by atoms with Crippen molar-refractivity contribution in [2.45, 2.75) is 54.4 Å². The van der Waals surface area contributed by atoms with Crippen LogP contribution in [0.1, 0.15) is 59.4 Å². The van der Waals surface area contributed by atoms with E-state index in [0.29, 0.717) is 0 Å². The molecule has 0 aliphatic rings. The molecular weight excluding hydrogens is 248 g/mol. The lowest BCUT2D eigenvalue weighted by Gasteiger charge is -2.29. The first-order valence-corrected chi connectivity index (χ1v) is 7.01. The van der Waals surface area contributed by atoms with E-state index in [1.165, 1.54) is 0 Å². The van der Waals surface area contributed by atoms with E-state index < -0.39 is 0 Å². The molecule has 0 aliphatic carbocycles. The topological polar surface area (TPSA) is 42.9 Å². The lowest BCUT2D eigenvalue weighted by atomic mass is 9.73. The molecule has 20 heavy (non-hydrogen) atoms. The molecule has 0 N–H and O–H groups in total. The van der Waals surface area contributed by atoms with Crippen LogP contribution < -0.4 is 0 Å². The minimum absolute atomic E-state index is 0.197. The van der Waals surface area contributed by atoms with E-state index in [4.69, 9.17) is 0 Å². The molecule has 1 rings (SSSR count). The molecule has 0 saturated heterocycles. The van der Waals surface area contributed by atoms with Crippen molar-refractivity contribution in [1.29, 1.82) is 0 Å². The van der Waals surface area contributed by atoms with Crippen molar-refractivity contribution in [3.8, 4) is 11.8 Å². The summed E-state index contributed by atoms with van der Waals surface area (Å²) in [5, 5.41) is 0. The third-order valence-corrected chi connectivity index (χ3v) is 3.40. The highest BCUT2D eigenvalue weighted by atomic mass is 16.1. The highest BCUT2D eigenvalue weighted by Crippen LogP contribution is 2.33. The first-order valence-electron chi connectivity index (χ1n) is 7.01. The zero-order chi connectivity index (χ0) is 15.4. The summed E-state index contributed by atoms with van der Waals surface area (Å²) in [5.41, 5.74) is 0.246. The highest BCUT2D eigenvalue weighted by Gasteiger charge is 2.31. The first kappa shape index (κ1) is 16.4. The van der Waals surface area contributed by atoms with Crippen LogP contribution in [0.2, 0.25) is 0 Å². The van der Waals surface area contributed by atoms with Gasteiger partial charge in [0.05, 0.1) is 5.56 Å². The molecule has 0 atom stereocenters. The summed E-state index contributed by atoms with van der Waals surface area (Å²) in [5.74, 6) is 7.38. The molecule has 1 aromatic heterocycles. The van der Waals surface area contributed by atoms with Gasteiger partial charge in [-0.05, 0) is 27.2 Å². The predicted octanol–water partition coefficient (Wildman–Crippen LogP) is 3.42. The van der Waals surface area contributed by atoms with Gasteiger partial charge in [0.15, 0.2) is 0 Å². The zero-order valence-corrected chi connectivity index (χ0v) is 13.4. The molecule has 0 amide bonds. The lowest BCUT2D eigenvalue weighted by molar-refractivity contribution is -0.126. The molecule has 0 saturated carbocycles. The molecular formula is C17H24N2O. The van der Waals surface area contributed by atoms with Gasteiger partial charge in [0.1, 0.15) is 11.6 Å². The van der Waals surface area contributed by atoms with E-state index in [0.717, 1.165) is 24.2 Å². The molecule has 0 aromatic carbocycles. The minimum Gasteiger partial charge on any atom is -0.299 e. The second-order valence-corrected chi connectivity index (χ2v) is 6.49. The Bertz CT molecular complexity index is 530. The average molecular weight is 272 g/mol. The number of aromatic nitrogens is 2. The Labute approximate surface area is 122 Å². The van der Waals surface area contributed by atoms with E-state index in [1.807, 2.05) is 20.8 Å². The fourth-order valence-electron chi connectivity index (χ4n) is 2.12. The van der Waals surface area contributed by atoms with Crippen LogP contribution in [-0.2, 0) is 11.2 Å². The van der Waals surface area contributed by atoms with Crippen LogP contribution in [0.5, 0.6) is 0 Å². The number of Topliss-reactive ketones (excluding diaryl/α,β-unsaturated/α-hetero) is 1. The fourth-order valence-corrected chi connectivity index (χ4v) is 2.12. The number of ketones is 1. The molecule has 0 aliphatic heterocycles. The quantitative estimate of drug-likeness (QED) is 0.789. The normalized spacial score (nSPS) is 11.7. The maximum absolute atomic E-state index is 11.6. The highest BCUT2D eigenvalue weighted by molar-refractivity contribution is 5.81. The maximum Gasteiger partial charge on any atom is 0.135 e. The Morgan fingerprint density at radius 2 is 1.75 bits per heavy atom. The summed E-state index contributed by atoms with van der Waals surface area (Å²) in [6, 6.07) is 0. The SMILES string of the molecule is CCc1ncc(C#CC(C)(C)CC(C)(C)C(C)=O)cn1. The van der Waals surface area contributed by atoms with Gasteiger partial charge < -0.3 is 0 Å². The fraction of sp³-hybridized carbons (Fsp3) is 0.588. The molecule has 108 valence electrons. The number of hydrogen-bond donors (Lipinski definition) is 0. The van der Waals surface area contributed by atoms with Crippen LogP contribution in [0.3, 0.4) is 0 Å². The first-order chi connectivity index (χ1) is 9.16. The number of rotatable bonds is 4. The Hall–Kier alpha value is -1.69. The lowest BCUT2D eigenvalue weighted by Crippen LogP contribution is -2.28. The number of carbonyl (C=O) groups excluding carboxylic acids is 1. The molecule has 3 nitrogen and oxygen atoms in total. The van der Waals surface area contributed by atoms with Crippen molar-refractivity contribution < 1.29 is 4.79 Å². The van der Waals surface area contributed by atoms with Crippen molar-refractivity contribution in [2.75, 3.05) is 0 Å². The molecule has 1 heterocycles. The van der Waals surface area contributed by atoms with Crippen LogP contribution in [0.25, 0.3) is 0 Å². The van der Waals surface area contributed by atoms with Gasteiger partial charge in [0.2, 0.25) is 0 Å². The molecule has 0 spiro atoms. The summed E-state index contributed by atoms with van der Waals surface area (Å²) in [4.78, 5) is 20.1. The van der Waals surface area contributed by atoms with E-state index in [9.17, 15) is 4.79 Å². The molecule has 0 unspecified atom stereocenters. The van der Waals surface area contributed by atoms with Crippen LogP contribution in [-0.4, -0.2) is 15.8 Å². The standard InChI is InChI=1S/C17H24N2O/c1-7-15-18-10-14(11-19-15)8-9-16(3,4)12-17(5,6)13(2)20/h10-11H,7,12H2,1-6H3. The molecule has 1 aromatic rings. The number of carbonyl (C=O) groups is 1. The predicted molar refractivity (Wildman–Crippen MR) is 81.1 cm³/mol. The number of nitrogens with zero attached hydrogens (tertiary/aromatic N) is 2. The summed E-state index contributed by atoms with van der Waals surface area (Å²) < 4.78 is 0. The van der Waals surface area contributed by atoms with E-state index >= 15 is 0 Å². The smallest absolute Gasteiger partial charge is 0.135 e. The van der Waals surface area contributed by atoms with Gasteiger partial charge in [-0.1, -0.05) is 32.6 Å². The maximum atomic E-state index is 11.6. The molecule has 0 bridgehead atoms. The van der Waals surface area contributed by atoms with Crippen molar-refractivity contribution in [2.24, 2.45) is 10.8 Å².